The van der Waals surface area contributed by atoms with E-state index in [9.17, 15) is 0 Å². The van der Waals surface area contributed by atoms with Crippen LogP contribution >= 0.6 is 11.3 Å². The minimum absolute atomic E-state index is 0.0330. The highest BCUT2D eigenvalue weighted by Gasteiger charge is 2.51. The molecule has 10 aromatic carbocycles. The van der Waals surface area contributed by atoms with E-state index in [-0.39, 0.29) is 11.3 Å². The van der Waals surface area contributed by atoms with Gasteiger partial charge in [0.05, 0.1) is 5.41 Å². The average Bonchev–Trinajstić information content (AvgIpc) is 3.96. The summed E-state index contributed by atoms with van der Waals surface area (Å²) in [7, 11) is 0. The smallest absolute Gasteiger partial charge is 0.0725 e. The minimum Gasteiger partial charge on any atom is -0.135 e. The van der Waals surface area contributed by atoms with Crippen molar-refractivity contribution >= 4 is 42.3 Å². The van der Waals surface area contributed by atoms with E-state index in [2.05, 4.69) is 224 Å². The fourth-order valence-electron chi connectivity index (χ4n) is 11.1. The van der Waals surface area contributed by atoms with Crippen LogP contribution in [-0.4, -0.2) is 0 Å². The average molecular weight is 791 g/mol. The third kappa shape index (κ3) is 4.99. The van der Waals surface area contributed by atoms with Crippen LogP contribution in [0.15, 0.2) is 224 Å². The van der Waals surface area contributed by atoms with Gasteiger partial charge in [0.2, 0.25) is 0 Å². The maximum Gasteiger partial charge on any atom is 0.0725 e. The van der Waals surface area contributed by atoms with E-state index in [0.29, 0.717) is 0 Å². The van der Waals surface area contributed by atoms with Crippen LogP contribution in [0.3, 0.4) is 0 Å². The summed E-state index contributed by atoms with van der Waals surface area (Å²) in [4.78, 5) is 0. The molecule has 0 fully saturated rings. The molecular formula is C60H38S. The van der Waals surface area contributed by atoms with Gasteiger partial charge in [-0.2, -0.15) is 0 Å². The Bertz CT molecular complexity index is 3490. The molecule has 0 amide bonds. The first-order valence-corrected chi connectivity index (χ1v) is 22.1. The van der Waals surface area contributed by atoms with Gasteiger partial charge in [0.15, 0.2) is 0 Å². The van der Waals surface area contributed by atoms with Crippen molar-refractivity contribution in [1.82, 2.24) is 0 Å². The number of hydrogen-bond donors (Lipinski definition) is 0. The van der Waals surface area contributed by atoms with Crippen LogP contribution in [0.2, 0.25) is 0 Å². The summed E-state index contributed by atoms with van der Waals surface area (Å²) >= 11 is 1.87. The van der Waals surface area contributed by atoms with Gasteiger partial charge < -0.3 is 0 Å². The SMILES string of the molecule is c1ccc(-c2c(C(c3ccc(-c4ccc5sc6ccccc6c5c4)cc3)c3ccc4c(c3)-c3ccccc3C43c4ccccc4-c4ccccc43)ccc3ccccc23)cc1. The summed E-state index contributed by atoms with van der Waals surface area (Å²) in [6, 6.07) is 84.5. The van der Waals surface area contributed by atoms with Gasteiger partial charge in [0.1, 0.15) is 0 Å². The van der Waals surface area contributed by atoms with Gasteiger partial charge in [-0.15, -0.1) is 11.3 Å². The molecule has 0 saturated carbocycles. The lowest BCUT2D eigenvalue weighted by molar-refractivity contribution is 0.792. The Balaban J connectivity index is 1.04. The molecule has 0 aliphatic heterocycles. The fourth-order valence-corrected chi connectivity index (χ4v) is 12.2. The van der Waals surface area contributed by atoms with Crippen molar-refractivity contribution in [2.45, 2.75) is 11.3 Å². The summed E-state index contributed by atoms with van der Waals surface area (Å²) in [5, 5.41) is 5.18. The second-order valence-electron chi connectivity index (χ2n) is 16.7. The van der Waals surface area contributed by atoms with Gasteiger partial charge in [-0.1, -0.05) is 200 Å². The standard InChI is InChI=1S/C60H38S/c1-2-15-40(16-3-1)59-44-17-5-4-14-39(44)30-33-49(59)58(41-28-26-38(27-29-41)42-32-35-57-51(36-42)48-21-9-13-25-56(48)61-57)43-31-34-55-50(37-43)47-20-8-12-24-54(47)60(55)52-22-10-6-18-45(52)46-19-7-11-23-53(46)60/h1-37,58H. The fraction of sp³-hybridized carbons (Fsp3) is 0.0333. The second kappa shape index (κ2) is 13.3. The van der Waals surface area contributed by atoms with E-state index >= 15 is 0 Å². The monoisotopic (exact) mass is 790 g/mol. The topological polar surface area (TPSA) is 0 Å². The zero-order chi connectivity index (χ0) is 40.1. The molecule has 284 valence electrons. The molecular weight excluding hydrogens is 753 g/mol. The van der Waals surface area contributed by atoms with Crippen molar-refractivity contribution in [3.8, 4) is 44.5 Å². The van der Waals surface area contributed by atoms with Crippen LogP contribution in [-0.2, 0) is 5.41 Å². The molecule has 1 unspecified atom stereocenters. The van der Waals surface area contributed by atoms with E-state index in [1.807, 2.05) is 11.3 Å². The Morgan fingerprint density at radius 3 is 1.62 bits per heavy atom. The normalized spacial score (nSPS) is 13.6. The molecule has 61 heavy (non-hydrogen) atoms. The molecule has 1 atom stereocenters. The predicted octanol–water partition coefficient (Wildman–Crippen LogP) is 16.1. The van der Waals surface area contributed by atoms with Gasteiger partial charge in [0, 0.05) is 26.1 Å². The first kappa shape index (κ1) is 34.5. The summed E-state index contributed by atoms with van der Waals surface area (Å²) in [6.07, 6.45) is 0. The Morgan fingerprint density at radius 1 is 0.328 bits per heavy atom. The molecule has 1 heteroatoms. The molecule has 0 saturated heterocycles. The number of thiophene rings is 1. The third-order valence-corrected chi connectivity index (χ3v) is 14.8. The van der Waals surface area contributed by atoms with Gasteiger partial charge in [-0.3, -0.25) is 0 Å². The molecule has 0 bridgehead atoms. The molecule has 11 aromatic rings. The Kier molecular flexibility index (Phi) is 7.55. The van der Waals surface area contributed by atoms with Crippen molar-refractivity contribution < 1.29 is 0 Å². The summed E-state index contributed by atoms with van der Waals surface area (Å²) in [5.41, 5.74) is 19.3. The first-order chi connectivity index (χ1) is 30.3. The van der Waals surface area contributed by atoms with Crippen LogP contribution < -0.4 is 0 Å². The molecule has 0 nitrogen and oxygen atoms in total. The predicted molar refractivity (Wildman–Crippen MR) is 258 cm³/mol. The molecule has 0 radical (unpaired) electrons. The Hall–Kier alpha value is -7.32. The highest BCUT2D eigenvalue weighted by molar-refractivity contribution is 7.25. The Morgan fingerprint density at radius 2 is 0.885 bits per heavy atom. The number of rotatable bonds is 5. The van der Waals surface area contributed by atoms with Crippen LogP contribution in [0, 0.1) is 0 Å². The van der Waals surface area contributed by atoms with Crippen LogP contribution in [0.5, 0.6) is 0 Å². The molecule has 0 N–H and O–H groups in total. The molecule has 1 aromatic heterocycles. The zero-order valence-corrected chi connectivity index (χ0v) is 34.2. The lowest BCUT2D eigenvalue weighted by atomic mass is 9.70. The van der Waals surface area contributed by atoms with Gasteiger partial charge >= 0.3 is 0 Å². The van der Waals surface area contributed by atoms with Crippen molar-refractivity contribution in [1.29, 1.82) is 0 Å². The molecule has 2 aliphatic rings. The van der Waals surface area contributed by atoms with Crippen molar-refractivity contribution in [3.05, 3.63) is 263 Å². The van der Waals surface area contributed by atoms with Crippen molar-refractivity contribution in [2.75, 3.05) is 0 Å². The maximum atomic E-state index is 2.53. The summed E-state index contributed by atoms with van der Waals surface area (Å²) in [6.45, 7) is 0. The van der Waals surface area contributed by atoms with E-state index in [0.717, 1.165) is 0 Å². The van der Waals surface area contributed by atoms with Crippen LogP contribution in [0.4, 0.5) is 0 Å². The molecule has 13 rings (SSSR count). The quantitative estimate of drug-likeness (QED) is 0.152. The third-order valence-electron chi connectivity index (χ3n) is 13.6. The maximum absolute atomic E-state index is 2.53. The van der Waals surface area contributed by atoms with Crippen molar-refractivity contribution in [2.24, 2.45) is 0 Å². The number of fused-ring (bicyclic) bond motifs is 14. The lowest BCUT2D eigenvalue weighted by Crippen LogP contribution is -2.25. The van der Waals surface area contributed by atoms with E-state index in [1.165, 1.54) is 114 Å². The number of benzene rings is 10. The molecule has 1 spiro atoms. The zero-order valence-electron chi connectivity index (χ0n) is 33.3. The largest absolute Gasteiger partial charge is 0.135 e. The van der Waals surface area contributed by atoms with E-state index < -0.39 is 0 Å². The van der Waals surface area contributed by atoms with Gasteiger partial charge in [-0.05, 0) is 118 Å². The second-order valence-corrected chi connectivity index (χ2v) is 17.8. The van der Waals surface area contributed by atoms with Crippen molar-refractivity contribution in [3.63, 3.8) is 0 Å². The van der Waals surface area contributed by atoms with Crippen LogP contribution in [0.25, 0.3) is 75.5 Å². The highest BCUT2D eigenvalue weighted by atomic mass is 32.1. The summed E-state index contributed by atoms with van der Waals surface area (Å²) < 4.78 is 2.66. The Labute approximate surface area is 359 Å². The van der Waals surface area contributed by atoms with E-state index in [4.69, 9.17) is 0 Å². The first-order valence-electron chi connectivity index (χ1n) is 21.3. The lowest BCUT2D eigenvalue weighted by Gasteiger charge is -2.31. The van der Waals surface area contributed by atoms with E-state index in [1.54, 1.807) is 0 Å². The minimum atomic E-state index is -0.373. The highest BCUT2D eigenvalue weighted by Crippen LogP contribution is 2.63. The van der Waals surface area contributed by atoms with Crippen LogP contribution in [0.1, 0.15) is 44.9 Å². The molecule has 2 aliphatic carbocycles. The number of hydrogen-bond acceptors (Lipinski definition) is 1. The molecule has 1 heterocycles. The van der Waals surface area contributed by atoms with Gasteiger partial charge in [0.25, 0.3) is 0 Å². The summed E-state index contributed by atoms with van der Waals surface area (Å²) in [5.74, 6) is -0.0330. The van der Waals surface area contributed by atoms with Gasteiger partial charge in [-0.25, -0.2) is 0 Å².